The van der Waals surface area contributed by atoms with Crippen molar-refractivity contribution in [2.24, 2.45) is 0 Å². The van der Waals surface area contributed by atoms with E-state index in [2.05, 4.69) is 41.4 Å². The van der Waals surface area contributed by atoms with E-state index in [4.69, 9.17) is 9.84 Å². The molecule has 0 aliphatic carbocycles. The summed E-state index contributed by atoms with van der Waals surface area (Å²) in [6.07, 6.45) is 4.09. The number of para-hydroxylation sites is 1. The van der Waals surface area contributed by atoms with Gasteiger partial charge in [0.05, 0.1) is 6.61 Å². The molecular weight excluding hydrogens is 286 g/mol. The molecule has 3 rings (SSSR count). The summed E-state index contributed by atoms with van der Waals surface area (Å²) in [5.74, 6) is 0.909. The second-order valence-corrected chi connectivity index (χ2v) is 5.78. The Morgan fingerprint density at radius 3 is 2.43 bits per heavy atom. The van der Waals surface area contributed by atoms with E-state index in [1.54, 1.807) is 0 Å². The van der Waals surface area contributed by atoms with Crippen LogP contribution in [0.2, 0.25) is 0 Å². The van der Waals surface area contributed by atoms with Crippen LogP contribution in [0.25, 0.3) is 22.2 Å². The second kappa shape index (κ2) is 7.84. The van der Waals surface area contributed by atoms with Crippen LogP contribution in [0.1, 0.15) is 25.7 Å². The number of rotatable bonds is 8. The minimum atomic E-state index is 0.288. The van der Waals surface area contributed by atoms with Crippen molar-refractivity contribution in [2.45, 2.75) is 25.7 Å². The molecule has 0 atom stereocenters. The van der Waals surface area contributed by atoms with E-state index in [9.17, 15) is 0 Å². The highest BCUT2D eigenvalue weighted by Crippen LogP contribution is 2.25. The summed E-state index contributed by atoms with van der Waals surface area (Å²) in [4.78, 5) is 3.44. The smallest absolute Gasteiger partial charge is 0.119 e. The molecule has 0 spiro atoms. The first-order chi connectivity index (χ1) is 11.4. The monoisotopic (exact) mass is 309 g/mol. The van der Waals surface area contributed by atoms with Gasteiger partial charge in [0.15, 0.2) is 0 Å². The molecule has 0 saturated heterocycles. The van der Waals surface area contributed by atoms with Gasteiger partial charge in [-0.05, 0) is 61.2 Å². The number of hydrogen-bond donors (Lipinski definition) is 2. The molecule has 3 heteroatoms. The number of H-pyrrole nitrogens is 1. The van der Waals surface area contributed by atoms with Crippen LogP contribution >= 0.6 is 0 Å². The molecule has 1 aromatic heterocycles. The summed E-state index contributed by atoms with van der Waals surface area (Å²) in [6, 6.07) is 18.7. The van der Waals surface area contributed by atoms with Crippen LogP contribution in [0.5, 0.6) is 5.75 Å². The van der Waals surface area contributed by atoms with Crippen molar-refractivity contribution < 1.29 is 9.84 Å². The molecule has 0 radical (unpaired) electrons. The van der Waals surface area contributed by atoms with Crippen molar-refractivity contribution in [3.05, 3.63) is 54.6 Å². The highest BCUT2D eigenvalue weighted by molar-refractivity contribution is 5.85. The zero-order valence-electron chi connectivity index (χ0n) is 13.3. The maximum Gasteiger partial charge on any atom is 0.119 e. The molecular formula is C20H23NO2. The Balaban J connectivity index is 1.56. The van der Waals surface area contributed by atoms with Crippen LogP contribution in [-0.2, 0) is 0 Å². The third kappa shape index (κ3) is 4.14. The summed E-state index contributed by atoms with van der Waals surface area (Å²) < 4.78 is 5.76. The number of unbranched alkanes of at least 4 members (excludes halogenated alkanes) is 3. The van der Waals surface area contributed by atoms with Gasteiger partial charge in [0.2, 0.25) is 0 Å². The molecule has 0 bridgehead atoms. The fraction of sp³-hybridized carbons (Fsp3) is 0.300. The van der Waals surface area contributed by atoms with Crippen molar-refractivity contribution in [2.75, 3.05) is 13.2 Å². The Hall–Kier alpha value is -2.26. The van der Waals surface area contributed by atoms with Gasteiger partial charge >= 0.3 is 0 Å². The maximum absolute atomic E-state index is 8.73. The standard InChI is InChI=1S/C20H23NO2/c22-13-5-1-2-6-14-23-18-11-9-16(10-12-18)20-15-17-7-3-4-8-19(17)21-20/h3-4,7-12,15,21-22H,1-2,5-6,13-14H2. The lowest BCUT2D eigenvalue weighted by atomic mass is 10.1. The van der Waals surface area contributed by atoms with E-state index in [-0.39, 0.29) is 6.61 Å². The molecule has 0 unspecified atom stereocenters. The number of fused-ring (bicyclic) bond motifs is 1. The van der Waals surface area contributed by atoms with E-state index in [0.717, 1.165) is 54.8 Å². The Morgan fingerprint density at radius 2 is 1.65 bits per heavy atom. The largest absolute Gasteiger partial charge is 0.494 e. The minimum Gasteiger partial charge on any atom is -0.494 e. The van der Waals surface area contributed by atoms with Gasteiger partial charge in [0.1, 0.15) is 5.75 Å². The molecule has 2 N–H and O–H groups in total. The van der Waals surface area contributed by atoms with Crippen LogP contribution in [-0.4, -0.2) is 23.3 Å². The van der Waals surface area contributed by atoms with Gasteiger partial charge in [-0.15, -0.1) is 0 Å². The second-order valence-electron chi connectivity index (χ2n) is 5.78. The van der Waals surface area contributed by atoms with E-state index in [1.807, 2.05) is 18.2 Å². The lowest BCUT2D eigenvalue weighted by Crippen LogP contribution is -1.97. The minimum absolute atomic E-state index is 0.288. The Morgan fingerprint density at radius 1 is 0.870 bits per heavy atom. The molecule has 0 amide bonds. The number of hydrogen-bond acceptors (Lipinski definition) is 2. The molecule has 3 aromatic rings. The molecule has 0 saturated carbocycles. The third-order valence-electron chi connectivity index (χ3n) is 4.02. The van der Waals surface area contributed by atoms with Gasteiger partial charge in [-0.25, -0.2) is 0 Å². The summed E-state index contributed by atoms with van der Waals surface area (Å²) in [5, 5.41) is 9.96. The molecule has 120 valence electrons. The predicted octanol–water partition coefficient (Wildman–Crippen LogP) is 4.77. The van der Waals surface area contributed by atoms with Gasteiger partial charge in [0, 0.05) is 23.2 Å². The summed E-state index contributed by atoms with van der Waals surface area (Å²) in [6.45, 7) is 1.02. The first kappa shape index (κ1) is 15.6. The quantitative estimate of drug-likeness (QED) is 0.589. The van der Waals surface area contributed by atoms with Crippen LogP contribution in [0.4, 0.5) is 0 Å². The van der Waals surface area contributed by atoms with Crippen molar-refractivity contribution in [3.63, 3.8) is 0 Å². The SMILES string of the molecule is OCCCCCCOc1ccc(-c2cc3ccccc3[nH]2)cc1. The zero-order chi connectivity index (χ0) is 15.9. The topological polar surface area (TPSA) is 45.2 Å². The third-order valence-corrected chi connectivity index (χ3v) is 4.02. The number of benzene rings is 2. The van der Waals surface area contributed by atoms with Gasteiger partial charge in [-0.2, -0.15) is 0 Å². The van der Waals surface area contributed by atoms with Gasteiger partial charge in [-0.3, -0.25) is 0 Å². The molecule has 0 fully saturated rings. The summed E-state index contributed by atoms with van der Waals surface area (Å²) in [7, 11) is 0. The number of aromatic nitrogens is 1. The molecule has 2 aromatic carbocycles. The average Bonchev–Trinajstić information content (AvgIpc) is 3.02. The lowest BCUT2D eigenvalue weighted by molar-refractivity contribution is 0.273. The van der Waals surface area contributed by atoms with Crippen LogP contribution in [0.3, 0.4) is 0 Å². The van der Waals surface area contributed by atoms with Gasteiger partial charge < -0.3 is 14.8 Å². The zero-order valence-corrected chi connectivity index (χ0v) is 13.3. The van der Waals surface area contributed by atoms with Crippen molar-refractivity contribution >= 4 is 10.9 Å². The Kier molecular flexibility index (Phi) is 5.33. The number of ether oxygens (including phenoxy) is 1. The fourth-order valence-electron chi connectivity index (χ4n) is 2.72. The van der Waals surface area contributed by atoms with Crippen LogP contribution < -0.4 is 4.74 Å². The molecule has 0 aliphatic heterocycles. The summed E-state index contributed by atoms with van der Waals surface area (Å²) >= 11 is 0. The molecule has 0 aliphatic rings. The van der Waals surface area contributed by atoms with Crippen molar-refractivity contribution in [1.82, 2.24) is 4.98 Å². The van der Waals surface area contributed by atoms with Gasteiger partial charge in [0.25, 0.3) is 0 Å². The summed E-state index contributed by atoms with van der Waals surface area (Å²) in [5.41, 5.74) is 3.45. The first-order valence-electron chi connectivity index (χ1n) is 8.29. The van der Waals surface area contributed by atoms with Crippen molar-refractivity contribution in [1.29, 1.82) is 0 Å². The van der Waals surface area contributed by atoms with Crippen molar-refractivity contribution in [3.8, 4) is 17.0 Å². The molecule has 3 nitrogen and oxygen atoms in total. The number of aliphatic hydroxyl groups is 1. The predicted molar refractivity (Wildman–Crippen MR) is 94.8 cm³/mol. The normalized spacial score (nSPS) is 11.0. The van der Waals surface area contributed by atoms with E-state index in [0.29, 0.717) is 0 Å². The lowest BCUT2D eigenvalue weighted by Gasteiger charge is -2.06. The highest BCUT2D eigenvalue weighted by atomic mass is 16.5. The highest BCUT2D eigenvalue weighted by Gasteiger charge is 2.03. The fourth-order valence-corrected chi connectivity index (χ4v) is 2.72. The average molecular weight is 309 g/mol. The number of aromatic amines is 1. The van der Waals surface area contributed by atoms with E-state index >= 15 is 0 Å². The number of nitrogens with one attached hydrogen (secondary N) is 1. The maximum atomic E-state index is 8.73. The molecule has 1 heterocycles. The van der Waals surface area contributed by atoms with Crippen LogP contribution in [0, 0.1) is 0 Å². The van der Waals surface area contributed by atoms with E-state index in [1.165, 1.54) is 5.39 Å². The Labute approximate surface area is 136 Å². The number of aliphatic hydroxyl groups excluding tert-OH is 1. The van der Waals surface area contributed by atoms with E-state index < -0.39 is 0 Å². The van der Waals surface area contributed by atoms with Gasteiger partial charge in [-0.1, -0.05) is 24.6 Å². The molecule has 23 heavy (non-hydrogen) atoms. The first-order valence-corrected chi connectivity index (χ1v) is 8.29. The Bertz CT molecular complexity index is 698. The van der Waals surface area contributed by atoms with Crippen LogP contribution in [0.15, 0.2) is 54.6 Å².